The molecule has 1 fully saturated rings. The summed E-state index contributed by atoms with van der Waals surface area (Å²) in [6, 6.07) is 12.9. The predicted octanol–water partition coefficient (Wildman–Crippen LogP) is 3.84. The minimum Gasteiger partial charge on any atom is -0.497 e. The Labute approximate surface area is 200 Å². The molecule has 3 rings (SSSR count). The molecule has 182 valence electrons. The highest BCUT2D eigenvalue weighted by atomic mass is 32.2. The van der Waals surface area contributed by atoms with Crippen molar-refractivity contribution in [3.05, 3.63) is 60.2 Å². The fourth-order valence-corrected chi connectivity index (χ4v) is 5.02. The van der Waals surface area contributed by atoms with E-state index in [2.05, 4.69) is 4.72 Å². The largest absolute Gasteiger partial charge is 0.497 e. The van der Waals surface area contributed by atoms with Crippen LogP contribution in [-0.2, 0) is 24.3 Å². The van der Waals surface area contributed by atoms with Crippen molar-refractivity contribution in [1.29, 1.82) is 0 Å². The number of amides is 1. The molecule has 2 unspecified atom stereocenters. The van der Waals surface area contributed by atoms with Crippen LogP contribution < -0.4 is 9.46 Å². The summed E-state index contributed by atoms with van der Waals surface area (Å²) in [4.78, 5) is 26.4. The lowest BCUT2D eigenvalue weighted by molar-refractivity contribution is -0.151. The number of ether oxygens (including phenoxy) is 2. The first kappa shape index (κ1) is 25.3. The molecule has 2 aromatic rings. The molecule has 0 aromatic heterocycles. The van der Waals surface area contributed by atoms with E-state index in [4.69, 9.17) is 9.47 Å². The van der Waals surface area contributed by atoms with Gasteiger partial charge in [0.05, 0.1) is 12.0 Å². The maximum atomic E-state index is 12.6. The molecule has 1 aliphatic rings. The number of benzene rings is 2. The second-order valence-electron chi connectivity index (χ2n) is 8.27. The highest BCUT2D eigenvalue weighted by molar-refractivity contribution is 7.92. The van der Waals surface area contributed by atoms with Crippen molar-refractivity contribution in [3.8, 4) is 5.75 Å². The number of likely N-dealkylation sites (tertiary alicyclic amines) is 1. The van der Waals surface area contributed by atoms with Crippen LogP contribution in [-0.4, -0.2) is 51.0 Å². The van der Waals surface area contributed by atoms with Crippen molar-refractivity contribution in [2.45, 2.75) is 50.1 Å². The van der Waals surface area contributed by atoms with Crippen LogP contribution in [0.1, 0.15) is 38.7 Å². The maximum Gasteiger partial charge on any atom is 0.331 e. The lowest BCUT2D eigenvalue weighted by atomic mass is 9.97. The van der Waals surface area contributed by atoms with Gasteiger partial charge in [0.1, 0.15) is 5.75 Å². The molecule has 0 bridgehead atoms. The number of rotatable bonds is 8. The second kappa shape index (κ2) is 11.2. The summed E-state index contributed by atoms with van der Waals surface area (Å²) in [6.07, 6.45) is 5.71. The van der Waals surface area contributed by atoms with E-state index in [-0.39, 0.29) is 29.5 Å². The van der Waals surface area contributed by atoms with E-state index >= 15 is 0 Å². The van der Waals surface area contributed by atoms with Crippen molar-refractivity contribution < 1.29 is 27.5 Å². The smallest absolute Gasteiger partial charge is 0.331 e. The quantitative estimate of drug-likeness (QED) is 0.449. The van der Waals surface area contributed by atoms with Crippen LogP contribution in [0.5, 0.6) is 5.75 Å². The molecule has 1 amide bonds. The lowest BCUT2D eigenvalue weighted by Crippen LogP contribution is -2.49. The zero-order chi connectivity index (χ0) is 24.7. The van der Waals surface area contributed by atoms with E-state index in [0.717, 1.165) is 19.3 Å². The first-order valence-electron chi connectivity index (χ1n) is 11.1. The summed E-state index contributed by atoms with van der Waals surface area (Å²) in [5.74, 6) is -0.207. The second-order valence-corrected chi connectivity index (χ2v) is 9.96. The van der Waals surface area contributed by atoms with Crippen LogP contribution in [0, 0.1) is 0 Å². The number of esters is 1. The summed E-state index contributed by atoms with van der Waals surface area (Å²) in [5, 5.41) is 0. The van der Waals surface area contributed by atoms with E-state index in [0.29, 0.717) is 17.0 Å². The molecule has 0 aliphatic carbocycles. The van der Waals surface area contributed by atoms with Crippen LogP contribution in [0.15, 0.2) is 59.5 Å². The van der Waals surface area contributed by atoms with E-state index in [1.54, 1.807) is 41.3 Å². The Balaban J connectivity index is 1.54. The summed E-state index contributed by atoms with van der Waals surface area (Å²) < 4.78 is 37.9. The van der Waals surface area contributed by atoms with Gasteiger partial charge in [0.15, 0.2) is 6.61 Å². The van der Waals surface area contributed by atoms with E-state index < -0.39 is 16.0 Å². The number of nitrogens with zero attached hydrogens (tertiary/aromatic N) is 1. The van der Waals surface area contributed by atoms with Crippen molar-refractivity contribution in [1.82, 2.24) is 4.90 Å². The first-order valence-corrected chi connectivity index (χ1v) is 12.6. The summed E-state index contributed by atoms with van der Waals surface area (Å²) >= 11 is 0. The molecule has 8 nitrogen and oxygen atoms in total. The Hall–Kier alpha value is -3.33. The van der Waals surface area contributed by atoms with Crippen molar-refractivity contribution in [2.24, 2.45) is 0 Å². The first-order chi connectivity index (χ1) is 16.2. The number of sulfonamides is 1. The van der Waals surface area contributed by atoms with Gasteiger partial charge in [0.25, 0.3) is 15.9 Å². The Morgan fingerprint density at radius 1 is 1.03 bits per heavy atom. The molecule has 9 heteroatoms. The topological polar surface area (TPSA) is 102 Å². The highest BCUT2D eigenvalue weighted by Gasteiger charge is 2.29. The average molecular weight is 487 g/mol. The molecule has 2 aromatic carbocycles. The van der Waals surface area contributed by atoms with Gasteiger partial charge < -0.3 is 14.4 Å². The number of carbonyl (C=O) groups excluding carboxylic acids is 2. The van der Waals surface area contributed by atoms with Gasteiger partial charge in [0.2, 0.25) is 0 Å². The van der Waals surface area contributed by atoms with Gasteiger partial charge in [-0.1, -0.05) is 12.1 Å². The van der Waals surface area contributed by atoms with Crippen LogP contribution in [0.2, 0.25) is 0 Å². The van der Waals surface area contributed by atoms with Crippen LogP contribution in [0.4, 0.5) is 5.69 Å². The minimum absolute atomic E-state index is 0.0819. The highest BCUT2D eigenvalue weighted by Crippen LogP contribution is 2.23. The van der Waals surface area contributed by atoms with E-state index in [9.17, 15) is 18.0 Å². The number of nitrogens with one attached hydrogen (secondary N) is 1. The Morgan fingerprint density at radius 3 is 2.24 bits per heavy atom. The normalized spacial score (nSPS) is 18.5. The molecule has 1 heterocycles. The number of carbonyl (C=O) groups is 2. The molecule has 1 aliphatic heterocycles. The molecule has 2 atom stereocenters. The summed E-state index contributed by atoms with van der Waals surface area (Å²) in [7, 11) is -2.24. The molecular weight excluding hydrogens is 456 g/mol. The van der Waals surface area contributed by atoms with Gasteiger partial charge in [0, 0.05) is 23.8 Å². The molecule has 34 heavy (non-hydrogen) atoms. The summed E-state index contributed by atoms with van der Waals surface area (Å²) in [6.45, 7) is 3.71. The Kier molecular flexibility index (Phi) is 8.33. The van der Waals surface area contributed by atoms with E-state index in [1.165, 1.54) is 31.4 Å². The molecule has 0 spiro atoms. The van der Waals surface area contributed by atoms with Gasteiger partial charge in [-0.15, -0.1) is 0 Å². The van der Waals surface area contributed by atoms with Crippen LogP contribution in [0.25, 0.3) is 6.08 Å². The van der Waals surface area contributed by atoms with Crippen molar-refractivity contribution in [2.75, 3.05) is 18.4 Å². The molecule has 1 N–H and O–H groups in total. The molecule has 0 radical (unpaired) electrons. The maximum absolute atomic E-state index is 12.6. The Bertz CT molecular complexity index is 1120. The minimum atomic E-state index is -3.77. The number of hydrogen-bond donors (Lipinski definition) is 1. The van der Waals surface area contributed by atoms with Gasteiger partial charge in [-0.3, -0.25) is 9.52 Å². The molecule has 1 saturated heterocycles. The zero-order valence-electron chi connectivity index (χ0n) is 19.6. The van der Waals surface area contributed by atoms with Crippen LogP contribution in [0.3, 0.4) is 0 Å². The third-order valence-corrected chi connectivity index (χ3v) is 7.16. The fourth-order valence-electron chi connectivity index (χ4n) is 3.96. The standard InChI is InChI=1S/C25H30N2O6S/c1-18-5-4-6-19(2)27(18)24(28)17-33-25(29)16-9-20-7-14-23(15-8-20)34(30,31)26-21-10-12-22(32-3)13-11-21/h7-16,18-19,26H,4-6,17H2,1-3H3/b16-9+. The van der Waals surface area contributed by atoms with Gasteiger partial charge in [-0.2, -0.15) is 0 Å². The third-order valence-electron chi connectivity index (χ3n) is 5.76. The molecule has 0 saturated carbocycles. The van der Waals surface area contributed by atoms with Gasteiger partial charge in [-0.25, -0.2) is 13.2 Å². The summed E-state index contributed by atoms with van der Waals surface area (Å²) in [5.41, 5.74) is 1.03. The number of methoxy groups -OCH3 is 1. The zero-order valence-corrected chi connectivity index (χ0v) is 20.4. The van der Waals surface area contributed by atoms with E-state index in [1.807, 2.05) is 13.8 Å². The molecular formula is C25H30N2O6S. The van der Waals surface area contributed by atoms with Crippen LogP contribution >= 0.6 is 0 Å². The number of anilines is 1. The third kappa shape index (κ3) is 6.60. The average Bonchev–Trinajstić information content (AvgIpc) is 2.82. The monoisotopic (exact) mass is 486 g/mol. The number of piperidine rings is 1. The van der Waals surface area contributed by atoms with Crippen molar-refractivity contribution >= 4 is 33.7 Å². The van der Waals surface area contributed by atoms with Gasteiger partial charge in [-0.05, 0) is 81.1 Å². The van der Waals surface area contributed by atoms with Gasteiger partial charge >= 0.3 is 5.97 Å². The fraction of sp³-hybridized carbons (Fsp3) is 0.360. The SMILES string of the molecule is COc1ccc(NS(=O)(=O)c2ccc(/C=C/C(=O)OCC(=O)N3C(C)CCCC3C)cc2)cc1. The lowest BCUT2D eigenvalue weighted by Gasteiger charge is -2.38. The predicted molar refractivity (Wildman–Crippen MR) is 130 cm³/mol. The number of hydrogen-bond acceptors (Lipinski definition) is 6. The Morgan fingerprint density at radius 2 is 1.65 bits per heavy atom. The van der Waals surface area contributed by atoms with Crippen molar-refractivity contribution in [3.63, 3.8) is 0 Å².